The highest BCUT2D eigenvalue weighted by Crippen LogP contribution is 2.29. The molecule has 9 nitrogen and oxygen atoms in total. The van der Waals surface area contributed by atoms with Crippen LogP contribution in [0.25, 0.3) is 0 Å². The largest absolute Gasteiger partial charge is 0.497 e. The zero-order valence-corrected chi connectivity index (χ0v) is 16.2. The summed E-state index contributed by atoms with van der Waals surface area (Å²) in [7, 11) is 4.92. The van der Waals surface area contributed by atoms with Crippen molar-refractivity contribution in [1.82, 2.24) is 14.9 Å². The summed E-state index contributed by atoms with van der Waals surface area (Å²) in [6.45, 7) is 0. The van der Waals surface area contributed by atoms with Crippen molar-refractivity contribution in [2.45, 2.75) is 6.04 Å². The predicted molar refractivity (Wildman–Crippen MR) is 105 cm³/mol. The molecule has 0 saturated heterocycles. The van der Waals surface area contributed by atoms with Crippen LogP contribution in [0.1, 0.15) is 27.8 Å². The van der Waals surface area contributed by atoms with Gasteiger partial charge in [-0.15, -0.1) is 0 Å². The van der Waals surface area contributed by atoms with Crippen LogP contribution < -0.4 is 14.8 Å². The molecule has 3 aromatic rings. The fourth-order valence-electron chi connectivity index (χ4n) is 2.90. The van der Waals surface area contributed by atoms with Crippen LogP contribution in [0.3, 0.4) is 0 Å². The summed E-state index contributed by atoms with van der Waals surface area (Å²) in [4.78, 5) is 27.5. The van der Waals surface area contributed by atoms with Crippen molar-refractivity contribution in [2.24, 2.45) is 7.05 Å². The number of ether oxygens (including phenoxy) is 2. The molecule has 1 aromatic heterocycles. The third-order valence-corrected chi connectivity index (χ3v) is 4.44. The molecule has 0 aliphatic rings. The van der Waals surface area contributed by atoms with Gasteiger partial charge in [0.2, 0.25) is 0 Å². The normalized spacial score (nSPS) is 11.6. The highest BCUT2D eigenvalue weighted by molar-refractivity contribution is 5.94. The highest BCUT2D eigenvalue weighted by atomic mass is 16.6. The molecular formula is C20H20N4O5. The SMILES string of the molecule is COc1cc(OC)cc([C@@H](NC(=O)c2ccc([N+](=O)[O-])cc2)c2nccn2C)c1. The first kappa shape index (κ1) is 19.9. The molecule has 1 N–H and O–H groups in total. The highest BCUT2D eigenvalue weighted by Gasteiger charge is 2.23. The third kappa shape index (κ3) is 4.34. The van der Waals surface area contributed by atoms with Crippen molar-refractivity contribution < 1.29 is 19.2 Å². The minimum atomic E-state index is -0.596. The van der Waals surface area contributed by atoms with Gasteiger partial charge < -0.3 is 19.4 Å². The Morgan fingerprint density at radius 1 is 1.14 bits per heavy atom. The van der Waals surface area contributed by atoms with Crippen LogP contribution in [0.2, 0.25) is 0 Å². The van der Waals surface area contributed by atoms with E-state index in [-0.39, 0.29) is 5.69 Å². The van der Waals surface area contributed by atoms with E-state index < -0.39 is 16.9 Å². The Labute approximate surface area is 167 Å². The number of aryl methyl sites for hydroxylation is 1. The number of nitro benzene ring substituents is 1. The maximum absolute atomic E-state index is 12.8. The number of nitrogens with zero attached hydrogens (tertiary/aromatic N) is 3. The molecule has 0 aliphatic heterocycles. The lowest BCUT2D eigenvalue weighted by molar-refractivity contribution is -0.384. The van der Waals surface area contributed by atoms with Gasteiger partial charge in [-0.3, -0.25) is 14.9 Å². The standard InChI is InChI=1S/C20H20N4O5/c1-23-9-8-21-19(23)18(14-10-16(28-2)12-17(11-14)29-3)22-20(25)13-4-6-15(7-5-13)24(26)27/h4-12,18H,1-3H3,(H,22,25)/t18-/m1/s1. The van der Waals surface area contributed by atoms with Gasteiger partial charge in [0.05, 0.1) is 19.1 Å². The maximum Gasteiger partial charge on any atom is 0.269 e. The van der Waals surface area contributed by atoms with Gasteiger partial charge in [0.1, 0.15) is 23.4 Å². The molecule has 1 amide bonds. The molecule has 0 radical (unpaired) electrons. The van der Waals surface area contributed by atoms with Crippen LogP contribution >= 0.6 is 0 Å². The zero-order chi connectivity index (χ0) is 21.0. The number of nitrogens with one attached hydrogen (secondary N) is 1. The molecule has 1 atom stereocenters. The lowest BCUT2D eigenvalue weighted by Crippen LogP contribution is -2.31. The van der Waals surface area contributed by atoms with Gasteiger partial charge in [0, 0.05) is 43.2 Å². The number of hydrogen-bond acceptors (Lipinski definition) is 6. The van der Waals surface area contributed by atoms with Gasteiger partial charge in [-0.05, 0) is 29.8 Å². The second-order valence-corrected chi connectivity index (χ2v) is 6.25. The predicted octanol–water partition coefficient (Wildman–Crippen LogP) is 2.86. The summed E-state index contributed by atoms with van der Waals surface area (Å²) in [5.74, 6) is 1.36. The summed E-state index contributed by atoms with van der Waals surface area (Å²) in [6, 6.07) is 10.1. The van der Waals surface area contributed by atoms with Gasteiger partial charge in [0.15, 0.2) is 0 Å². The molecule has 2 aromatic carbocycles. The zero-order valence-electron chi connectivity index (χ0n) is 16.2. The first-order valence-electron chi connectivity index (χ1n) is 8.68. The van der Waals surface area contributed by atoms with E-state index in [1.165, 1.54) is 24.3 Å². The van der Waals surface area contributed by atoms with Gasteiger partial charge in [0.25, 0.3) is 11.6 Å². The first-order chi connectivity index (χ1) is 13.9. The molecule has 0 spiro atoms. The Kier molecular flexibility index (Phi) is 5.77. The third-order valence-electron chi connectivity index (χ3n) is 4.44. The number of aromatic nitrogens is 2. The molecule has 0 fully saturated rings. The Balaban J connectivity index is 1.98. The van der Waals surface area contributed by atoms with E-state index in [2.05, 4.69) is 10.3 Å². The molecule has 0 unspecified atom stereocenters. The quantitative estimate of drug-likeness (QED) is 0.486. The van der Waals surface area contributed by atoms with E-state index in [9.17, 15) is 14.9 Å². The van der Waals surface area contributed by atoms with Crippen LogP contribution in [-0.2, 0) is 7.05 Å². The van der Waals surface area contributed by atoms with Gasteiger partial charge >= 0.3 is 0 Å². The van der Waals surface area contributed by atoms with Crippen molar-refractivity contribution >= 4 is 11.6 Å². The summed E-state index contributed by atoms with van der Waals surface area (Å²) in [6.07, 6.45) is 3.41. The molecule has 0 aliphatic carbocycles. The van der Waals surface area contributed by atoms with E-state index in [4.69, 9.17) is 9.47 Å². The van der Waals surface area contributed by atoms with Crippen LogP contribution in [0, 0.1) is 10.1 Å². The Morgan fingerprint density at radius 3 is 2.24 bits per heavy atom. The van der Waals surface area contributed by atoms with Crippen molar-refractivity contribution in [1.29, 1.82) is 0 Å². The minimum absolute atomic E-state index is 0.0836. The smallest absolute Gasteiger partial charge is 0.269 e. The molecule has 0 saturated carbocycles. The minimum Gasteiger partial charge on any atom is -0.497 e. The number of imidazole rings is 1. The molecular weight excluding hydrogens is 376 g/mol. The molecule has 9 heteroatoms. The topological polar surface area (TPSA) is 109 Å². The van der Waals surface area contributed by atoms with Gasteiger partial charge in [-0.2, -0.15) is 0 Å². The fourth-order valence-corrected chi connectivity index (χ4v) is 2.90. The van der Waals surface area contributed by atoms with Gasteiger partial charge in [-0.25, -0.2) is 4.98 Å². The molecule has 150 valence electrons. The number of hydrogen-bond donors (Lipinski definition) is 1. The Morgan fingerprint density at radius 2 is 1.76 bits per heavy atom. The summed E-state index contributed by atoms with van der Waals surface area (Å²) in [5.41, 5.74) is 0.926. The molecule has 1 heterocycles. The lowest BCUT2D eigenvalue weighted by atomic mass is 10.0. The summed E-state index contributed by atoms with van der Waals surface area (Å²) >= 11 is 0. The maximum atomic E-state index is 12.8. The number of non-ortho nitro benzene ring substituents is 1. The number of amides is 1. The lowest BCUT2D eigenvalue weighted by Gasteiger charge is -2.20. The van der Waals surface area contributed by atoms with Crippen molar-refractivity contribution in [2.75, 3.05) is 14.2 Å². The van der Waals surface area contributed by atoms with E-state index in [0.717, 1.165) is 0 Å². The number of methoxy groups -OCH3 is 2. The van der Waals surface area contributed by atoms with Crippen LogP contribution in [0.5, 0.6) is 11.5 Å². The first-order valence-corrected chi connectivity index (χ1v) is 8.68. The van der Waals surface area contributed by atoms with Crippen molar-refractivity contribution in [3.8, 4) is 11.5 Å². The average Bonchev–Trinajstić information content (AvgIpc) is 3.16. The number of rotatable bonds is 7. The Bertz CT molecular complexity index is 1010. The summed E-state index contributed by atoms with van der Waals surface area (Å²) < 4.78 is 12.5. The average molecular weight is 396 g/mol. The number of carbonyl (C=O) groups is 1. The van der Waals surface area contributed by atoms with Crippen LogP contribution in [0.4, 0.5) is 5.69 Å². The monoisotopic (exact) mass is 396 g/mol. The van der Waals surface area contributed by atoms with Crippen molar-refractivity contribution in [3.05, 3.63) is 81.9 Å². The van der Waals surface area contributed by atoms with E-state index in [1.807, 2.05) is 7.05 Å². The van der Waals surface area contributed by atoms with Crippen LogP contribution in [0.15, 0.2) is 54.9 Å². The van der Waals surface area contributed by atoms with E-state index >= 15 is 0 Å². The Hall–Kier alpha value is -3.88. The number of carbonyl (C=O) groups excluding carboxylic acids is 1. The number of nitro groups is 1. The van der Waals surface area contributed by atoms with Crippen LogP contribution in [-0.4, -0.2) is 34.6 Å². The molecule has 0 bridgehead atoms. The number of benzene rings is 2. The molecule has 3 rings (SSSR count). The van der Waals surface area contributed by atoms with E-state index in [1.54, 1.807) is 49.4 Å². The summed E-state index contributed by atoms with van der Waals surface area (Å²) in [5, 5.41) is 13.8. The second kappa shape index (κ2) is 8.42. The molecule has 29 heavy (non-hydrogen) atoms. The second-order valence-electron chi connectivity index (χ2n) is 6.25. The fraction of sp³-hybridized carbons (Fsp3) is 0.200. The van der Waals surface area contributed by atoms with Crippen molar-refractivity contribution in [3.63, 3.8) is 0 Å². The van der Waals surface area contributed by atoms with E-state index in [0.29, 0.717) is 28.5 Å². The van der Waals surface area contributed by atoms with Gasteiger partial charge in [-0.1, -0.05) is 0 Å².